The Bertz CT molecular complexity index is 1260. The van der Waals surface area contributed by atoms with Gasteiger partial charge in [0.1, 0.15) is 18.0 Å². The third-order valence-corrected chi connectivity index (χ3v) is 6.47. The standard InChI is InChI=1S/C24H24Cl2N4O4/c1-33-17-4-7-22(34-2)18(14-17)21-6-8-23(31)30(27-21)15-24(32)29-11-9-28(10-12-29)16-3-5-19(25)20(26)13-16/h3-8,13-14H,9-12,15H2,1-2H3. The van der Waals surface area contributed by atoms with Crippen LogP contribution in [0.25, 0.3) is 11.3 Å². The highest BCUT2D eigenvalue weighted by Crippen LogP contribution is 2.32. The third-order valence-electron chi connectivity index (χ3n) is 5.73. The minimum absolute atomic E-state index is 0.147. The van der Waals surface area contributed by atoms with E-state index in [0.29, 0.717) is 59.0 Å². The Balaban J connectivity index is 1.47. The summed E-state index contributed by atoms with van der Waals surface area (Å²) in [5, 5.41) is 5.43. The summed E-state index contributed by atoms with van der Waals surface area (Å²) < 4.78 is 11.9. The van der Waals surface area contributed by atoms with Crippen LogP contribution in [0.2, 0.25) is 10.0 Å². The van der Waals surface area contributed by atoms with Gasteiger partial charge in [-0.05, 0) is 42.5 Å². The molecule has 0 aliphatic carbocycles. The fourth-order valence-electron chi connectivity index (χ4n) is 3.84. The van der Waals surface area contributed by atoms with Gasteiger partial charge in [0.15, 0.2) is 0 Å². The zero-order chi connectivity index (χ0) is 24.2. The molecule has 2 aromatic carbocycles. The van der Waals surface area contributed by atoms with Gasteiger partial charge in [0.05, 0.1) is 30.0 Å². The summed E-state index contributed by atoms with van der Waals surface area (Å²) in [5.41, 5.74) is 1.78. The second kappa shape index (κ2) is 10.4. The number of carbonyl (C=O) groups excluding carboxylic acids is 1. The summed E-state index contributed by atoms with van der Waals surface area (Å²) in [6.07, 6.45) is 0. The first-order valence-corrected chi connectivity index (χ1v) is 11.4. The number of anilines is 1. The van der Waals surface area contributed by atoms with Gasteiger partial charge in [-0.15, -0.1) is 0 Å². The summed E-state index contributed by atoms with van der Waals surface area (Å²) >= 11 is 12.1. The van der Waals surface area contributed by atoms with Crippen LogP contribution >= 0.6 is 23.2 Å². The number of amides is 1. The van der Waals surface area contributed by atoms with E-state index in [1.165, 1.54) is 10.7 Å². The minimum atomic E-state index is -0.353. The molecule has 34 heavy (non-hydrogen) atoms. The summed E-state index contributed by atoms with van der Waals surface area (Å²) in [6.45, 7) is 2.19. The van der Waals surface area contributed by atoms with Crippen molar-refractivity contribution in [3.63, 3.8) is 0 Å². The van der Waals surface area contributed by atoms with Gasteiger partial charge in [-0.25, -0.2) is 4.68 Å². The molecule has 2 heterocycles. The molecule has 10 heteroatoms. The Hall–Kier alpha value is -3.23. The molecular formula is C24H24Cl2N4O4. The number of piperazine rings is 1. The van der Waals surface area contributed by atoms with Crippen LogP contribution in [0.15, 0.2) is 53.3 Å². The molecule has 0 bridgehead atoms. The Morgan fingerprint density at radius 3 is 2.38 bits per heavy atom. The minimum Gasteiger partial charge on any atom is -0.497 e. The van der Waals surface area contributed by atoms with Gasteiger partial charge >= 0.3 is 0 Å². The molecule has 4 rings (SSSR count). The molecule has 1 amide bonds. The number of halogens is 2. The maximum Gasteiger partial charge on any atom is 0.267 e. The number of hydrogen-bond acceptors (Lipinski definition) is 6. The topological polar surface area (TPSA) is 76.9 Å². The van der Waals surface area contributed by atoms with E-state index in [2.05, 4.69) is 10.00 Å². The van der Waals surface area contributed by atoms with Crippen molar-refractivity contribution in [3.05, 3.63) is 68.9 Å². The summed E-state index contributed by atoms with van der Waals surface area (Å²) in [6, 6.07) is 13.8. The first kappa shape index (κ1) is 23.9. The number of hydrogen-bond donors (Lipinski definition) is 0. The molecule has 178 valence electrons. The first-order chi connectivity index (χ1) is 16.4. The number of rotatable bonds is 6. The average molecular weight is 503 g/mol. The van der Waals surface area contributed by atoms with Crippen molar-refractivity contribution in [2.45, 2.75) is 6.54 Å². The zero-order valence-corrected chi connectivity index (χ0v) is 20.3. The highest BCUT2D eigenvalue weighted by atomic mass is 35.5. The summed E-state index contributed by atoms with van der Waals surface area (Å²) in [4.78, 5) is 29.3. The van der Waals surface area contributed by atoms with Gasteiger partial charge in [-0.2, -0.15) is 5.10 Å². The molecule has 1 aromatic heterocycles. The molecular weight excluding hydrogens is 479 g/mol. The van der Waals surface area contributed by atoms with Crippen LogP contribution in [0, 0.1) is 0 Å². The van der Waals surface area contributed by atoms with Crippen molar-refractivity contribution in [2.75, 3.05) is 45.3 Å². The van der Waals surface area contributed by atoms with Crippen LogP contribution in [0.1, 0.15) is 0 Å². The molecule has 1 aliphatic rings. The lowest BCUT2D eigenvalue weighted by Gasteiger charge is -2.36. The number of aromatic nitrogens is 2. The Kier molecular flexibility index (Phi) is 7.29. The molecule has 0 unspecified atom stereocenters. The van der Waals surface area contributed by atoms with Gasteiger partial charge in [0.25, 0.3) is 5.56 Å². The Labute approximate surface area is 207 Å². The Morgan fingerprint density at radius 2 is 1.71 bits per heavy atom. The molecule has 0 N–H and O–H groups in total. The predicted octanol–water partition coefficient (Wildman–Crippen LogP) is 3.58. The van der Waals surface area contributed by atoms with Gasteiger partial charge in [-0.1, -0.05) is 23.2 Å². The van der Waals surface area contributed by atoms with Crippen LogP contribution in [0.4, 0.5) is 5.69 Å². The van der Waals surface area contributed by atoms with Crippen LogP contribution < -0.4 is 19.9 Å². The molecule has 8 nitrogen and oxygen atoms in total. The number of nitrogens with zero attached hydrogens (tertiary/aromatic N) is 4. The summed E-state index contributed by atoms with van der Waals surface area (Å²) in [7, 11) is 3.13. The van der Waals surface area contributed by atoms with E-state index in [0.717, 1.165) is 5.69 Å². The SMILES string of the molecule is COc1ccc(OC)c(-c2ccc(=O)n(CC(=O)N3CCN(c4ccc(Cl)c(Cl)c4)CC3)n2)c1. The fraction of sp³-hybridized carbons (Fsp3) is 0.292. The quantitative estimate of drug-likeness (QED) is 0.512. The number of benzene rings is 2. The van der Waals surface area contributed by atoms with Crippen LogP contribution in [0.5, 0.6) is 11.5 Å². The predicted molar refractivity (Wildman–Crippen MR) is 132 cm³/mol. The molecule has 1 aliphatic heterocycles. The van der Waals surface area contributed by atoms with E-state index in [1.54, 1.807) is 49.5 Å². The van der Waals surface area contributed by atoms with Crippen molar-refractivity contribution in [1.82, 2.24) is 14.7 Å². The third kappa shape index (κ3) is 5.13. The second-order valence-electron chi connectivity index (χ2n) is 7.75. The summed E-state index contributed by atoms with van der Waals surface area (Å²) in [5.74, 6) is 1.05. The lowest BCUT2D eigenvalue weighted by atomic mass is 10.1. The molecule has 3 aromatic rings. The van der Waals surface area contributed by atoms with Crippen molar-refractivity contribution in [1.29, 1.82) is 0 Å². The van der Waals surface area contributed by atoms with E-state index in [1.807, 2.05) is 12.1 Å². The van der Waals surface area contributed by atoms with Crippen molar-refractivity contribution < 1.29 is 14.3 Å². The van der Waals surface area contributed by atoms with E-state index in [9.17, 15) is 9.59 Å². The molecule has 0 spiro atoms. The zero-order valence-electron chi connectivity index (χ0n) is 18.8. The first-order valence-electron chi connectivity index (χ1n) is 10.7. The molecule has 0 saturated carbocycles. The number of methoxy groups -OCH3 is 2. The second-order valence-corrected chi connectivity index (χ2v) is 8.56. The number of ether oxygens (including phenoxy) is 2. The van der Waals surface area contributed by atoms with Crippen molar-refractivity contribution >= 4 is 34.8 Å². The number of carbonyl (C=O) groups is 1. The largest absolute Gasteiger partial charge is 0.497 e. The normalized spacial score (nSPS) is 13.6. The monoisotopic (exact) mass is 502 g/mol. The van der Waals surface area contributed by atoms with Crippen molar-refractivity contribution in [3.8, 4) is 22.8 Å². The van der Waals surface area contributed by atoms with Gasteiger partial charge in [0, 0.05) is 43.5 Å². The van der Waals surface area contributed by atoms with E-state index in [-0.39, 0.29) is 18.0 Å². The Morgan fingerprint density at radius 1 is 0.941 bits per heavy atom. The van der Waals surface area contributed by atoms with E-state index in [4.69, 9.17) is 32.7 Å². The van der Waals surface area contributed by atoms with Crippen molar-refractivity contribution in [2.24, 2.45) is 0 Å². The molecule has 0 atom stereocenters. The van der Waals surface area contributed by atoms with Crippen LogP contribution in [-0.2, 0) is 11.3 Å². The van der Waals surface area contributed by atoms with Crippen LogP contribution in [0.3, 0.4) is 0 Å². The van der Waals surface area contributed by atoms with Gasteiger partial charge < -0.3 is 19.3 Å². The van der Waals surface area contributed by atoms with E-state index < -0.39 is 0 Å². The smallest absolute Gasteiger partial charge is 0.267 e. The van der Waals surface area contributed by atoms with E-state index >= 15 is 0 Å². The molecule has 0 radical (unpaired) electrons. The van der Waals surface area contributed by atoms with Crippen LogP contribution in [-0.4, -0.2) is 61.0 Å². The fourth-order valence-corrected chi connectivity index (χ4v) is 4.14. The maximum absolute atomic E-state index is 13.0. The average Bonchev–Trinajstić information content (AvgIpc) is 2.86. The highest BCUT2D eigenvalue weighted by Gasteiger charge is 2.23. The highest BCUT2D eigenvalue weighted by molar-refractivity contribution is 6.42. The molecule has 1 fully saturated rings. The lowest BCUT2D eigenvalue weighted by Crippen LogP contribution is -2.50. The van der Waals surface area contributed by atoms with Gasteiger partial charge in [-0.3, -0.25) is 9.59 Å². The lowest BCUT2D eigenvalue weighted by molar-refractivity contribution is -0.132. The molecule has 1 saturated heterocycles. The van der Waals surface area contributed by atoms with Gasteiger partial charge in [0.2, 0.25) is 5.91 Å². The maximum atomic E-state index is 13.0.